The van der Waals surface area contributed by atoms with Gasteiger partial charge in [0.15, 0.2) is 6.71 Å². The molecule has 0 saturated carbocycles. The van der Waals surface area contributed by atoms with Crippen LogP contribution >= 0.6 is 0 Å². The summed E-state index contributed by atoms with van der Waals surface area (Å²) in [5.41, 5.74) is 1.40. The topological polar surface area (TPSA) is 0 Å². The highest BCUT2D eigenvalue weighted by molar-refractivity contribution is 6.69. The van der Waals surface area contributed by atoms with Crippen LogP contribution in [0.4, 0.5) is 0 Å². The monoisotopic (exact) mass is 92.1 g/mol. The van der Waals surface area contributed by atoms with Gasteiger partial charge in [-0.25, -0.2) is 0 Å². The third-order valence-electron chi connectivity index (χ3n) is 1.19. The minimum absolute atomic E-state index is 0.681. The zero-order chi connectivity index (χ0) is 5.28. The molecule has 0 bridgehead atoms. The maximum Gasteiger partial charge on any atom is 0.189 e. The maximum absolute atomic E-state index is 2.25. The molecule has 0 aromatic heterocycles. The van der Waals surface area contributed by atoms with Gasteiger partial charge in [-0.1, -0.05) is 18.5 Å². The summed E-state index contributed by atoms with van der Waals surface area (Å²) in [6, 6.07) is 0. The van der Waals surface area contributed by atoms with E-state index in [1.54, 1.807) is 0 Å². The van der Waals surface area contributed by atoms with E-state index in [9.17, 15) is 0 Å². The zero-order valence-electron chi connectivity index (χ0n) is 4.81. The van der Waals surface area contributed by atoms with Crippen molar-refractivity contribution in [2.75, 3.05) is 0 Å². The van der Waals surface area contributed by atoms with E-state index in [1.807, 2.05) is 0 Å². The van der Waals surface area contributed by atoms with Crippen LogP contribution < -0.4 is 0 Å². The molecule has 0 N–H and O–H groups in total. The van der Waals surface area contributed by atoms with Crippen LogP contribution in [0.25, 0.3) is 0 Å². The van der Waals surface area contributed by atoms with Gasteiger partial charge < -0.3 is 0 Å². The first-order valence-electron chi connectivity index (χ1n) is 2.65. The Morgan fingerprint density at radius 2 is 2.29 bits per heavy atom. The maximum atomic E-state index is 2.25. The average molecular weight is 92.0 g/mol. The van der Waals surface area contributed by atoms with Gasteiger partial charge in [-0.15, -0.1) is 12.0 Å². The van der Waals surface area contributed by atoms with Gasteiger partial charge in [0.05, 0.1) is 0 Å². The lowest BCUT2D eigenvalue weighted by Crippen LogP contribution is -1.91. The van der Waals surface area contributed by atoms with Gasteiger partial charge in [0.1, 0.15) is 0 Å². The molecular weight excluding hydrogens is 82.9 g/mol. The highest BCUT2D eigenvalue weighted by atomic mass is 13.8. The average Bonchev–Trinajstić information content (AvgIpc) is 1.87. The van der Waals surface area contributed by atoms with Crippen molar-refractivity contribution >= 4 is 6.71 Å². The predicted octanol–water partition coefficient (Wildman–Crippen LogP) is 1.71. The normalized spacial score (nSPS) is 18.0. The van der Waals surface area contributed by atoms with E-state index in [0.717, 1.165) is 0 Å². The quantitative estimate of drug-likeness (QED) is 0.399. The van der Waals surface area contributed by atoms with Gasteiger partial charge in [0.2, 0.25) is 0 Å². The SMILES string of the molecule is CB1C=CC(C)=C1. The summed E-state index contributed by atoms with van der Waals surface area (Å²) in [5.74, 6) is 4.45. The molecule has 1 aliphatic heterocycles. The van der Waals surface area contributed by atoms with E-state index in [0.29, 0.717) is 6.71 Å². The second-order valence-electron chi connectivity index (χ2n) is 2.13. The summed E-state index contributed by atoms with van der Waals surface area (Å²) in [4.78, 5) is 0. The molecule has 0 unspecified atom stereocenters. The molecule has 0 spiro atoms. The van der Waals surface area contributed by atoms with Crippen molar-refractivity contribution < 1.29 is 0 Å². The third-order valence-corrected chi connectivity index (χ3v) is 1.19. The van der Waals surface area contributed by atoms with Crippen molar-refractivity contribution in [2.24, 2.45) is 0 Å². The zero-order valence-corrected chi connectivity index (χ0v) is 4.81. The van der Waals surface area contributed by atoms with Gasteiger partial charge in [-0.05, 0) is 6.92 Å². The standard InChI is InChI=1S/C6H9B/c1-6-3-4-7(2)5-6/h3-5H,1-2H3. The Kier molecular flexibility index (Phi) is 1.05. The molecule has 0 nitrogen and oxygen atoms in total. The van der Waals surface area contributed by atoms with Crippen LogP contribution in [0.3, 0.4) is 0 Å². The van der Waals surface area contributed by atoms with Gasteiger partial charge in [-0.2, -0.15) is 0 Å². The van der Waals surface area contributed by atoms with E-state index in [-0.39, 0.29) is 0 Å². The highest BCUT2D eigenvalue weighted by Crippen LogP contribution is 2.05. The Morgan fingerprint density at radius 3 is 2.43 bits per heavy atom. The summed E-state index contributed by atoms with van der Waals surface area (Å²) >= 11 is 0. The van der Waals surface area contributed by atoms with Crippen LogP contribution in [-0.2, 0) is 0 Å². The fraction of sp³-hybridized carbons (Fsp3) is 0.333. The minimum Gasteiger partial charge on any atom is -0.111 e. The van der Waals surface area contributed by atoms with Crippen molar-refractivity contribution in [1.82, 2.24) is 0 Å². The molecule has 0 amide bonds. The van der Waals surface area contributed by atoms with Crippen molar-refractivity contribution in [3.05, 3.63) is 23.6 Å². The van der Waals surface area contributed by atoms with E-state index < -0.39 is 0 Å². The number of allylic oxidation sites excluding steroid dienone is 2. The van der Waals surface area contributed by atoms with Crippen LogP contribution in [0.1, 0.15) is 6.92 Å². The minimum atomic E-state index is 0.681. The molecule has 0 fully saturated rings. The van der Waals surface area contributed by atoms with Gasteiger partial charge >= 0.3 is 0 Å². The van der Waals surface area contributed by atoms with Crippen LogP contribution in [0.2, 0.25) is 6.82 Å². The molecule has 7 heavy (non-hydrogen) atoms. The fourth-order valence-electron chi connectivity index (χ4n) is 0.829. The fourth-order valence-corrected chi connectivity index (χ4v) is 0.829. The first kappa shape index (κ1) is 4.70. The molecule has 0 aliphatic carbocycles. The Hall–Kier alpha value is -0.455. The van der Waals surface area contributed by atoms with E-state index in [2.05, 4.69) is 31.8 Å². The number of hydrogen-bond acceptors (Lipinski definition) is 0. The van der Waals surface area contributed by atoms with Crippen LogP contribution in [0.5, 0.6) is 0 Å². The summed E-state index contributed by atoms with van der Waals surface area (Å²) < 4.78 is 0. The Labute approximate surface area is 45.0 Å². The van der Waals surface area contributed by atoms with Crippen molar-refractivity contribution in [2.45, 2.75) is 13.7 Å². The molecule has 1 aliphatic rings. The van der Waals surface area contributed by atoms with Crippen molar-refractivity contribution in [3.8, 4) is 0 Å². The summed E-state index contributed by atoms with van der Waals surface area (Å²) in [7, 11) is 0. The Morgan fingerprint density at radius 1 is 1.57 bits per heavy atom. The highest BCUT2D eigenvalue weighted by Gasteiger charge is 2.01. The predicted molar refractivity (Wildman–Crippen MR) is 34.5 cm³/mol. The Bertz CT molecular complexity index is 122. The lowest BCUT2D eigenvalue weighted by molar-refractivity contribution is 1.57. The van der Waals surface area contributed by atoms with Crippen LogP contribution in [0.15, 0.2) is 23.6 Å². The molecule has 1 heterocycles. The molecule has 1 rings (SSSR count). The summed E-state index contributed by atoms with van der Waals surface area (Å²) in [6.07, 6.45) is 2.16. The third kappa shape index (κ3) is 0.954. The smallest absolute Gasteiger partial charge is 0.111 e. The molecule has 1 heteroatoms. The molecule has 0 radical (unpaired) electrons. The lowest BCUT2D eigenvalue weighted by Gasteiger charge is -1.80. The molecule has 36 valence electrons. The van der Waals surface area contributed by atoms with Gasteiger partial charge in [-0.3, -0.25) is 0 Å². The Balaban J connectivity index is 2.69. The van der Waals surface area contributed by atoms with Gasteiger partial charge in [0, 0.05) is 0 Å². The molecule has 0 saturated heterocycles. The molecule has 0 aromatic rings. The van der Waals surface area contributed by atoms with Crippen LogP contribution in [0, 0.1) is 0 Å². The van der Waals surface area contributed by atoms with Crippen molar-refractivity contribution in [1.29, 1.82) is 0 Å². The van der Waals surface area contributed by atoms with Gasteiger partial charge in [0.25, 0.3) is 0 Å². The molecular formula is C6H9B. The number of rotatable bonds is 0. The summed E-state index contributed by atoms with van der Waals surface area (Å²) in [5, 5.41) is 0. The van der Waals surface area contributed by atoms with E-state index in [1.165, 1.54) is 5.57 Å². The molecule has 0 atom stereocenters. The lowest BCUT2D eigenvalue weighted by atomic mass is 9.54. The summed E-state index contributed by atoms with van der Waals surface area (Å²) in [6.45, 7) is 4.99. The van der Waals surface area contributed by atoms with E-state index in [4.69, 9.17) is 0 Å². The largest absolute Gasteiger partial charge is 0.189 e. The first-order valence-corrected chi connectivity index (χ1v) is 2.65. The number of hydrogen-bond donors (Lipinski definition) is 0. The van der Waals surface area contributed by atoms with Crippen LogP contribution in [-0.4, -0.2) is 6.71 Å². The second kappa shape index (κ2) is 1.57. The van der Waals surface area contributed by atoms with E-state index >= 15 is 0 Å². The first-order chi connectivity index (χ1) is 3.29. The second-order valence-corrected chi connectivity index (χ2v) is 2.13. The molecule has 0 aromatic carbocycles. The van der Waals surface area contributed by atoms with Crippen molar-refractivity contribution in [3.63, 3.8) is 0 Å².